The van der Waals surface area contributed by atoms with Gasteiger partial charge >= 0.3 is 6.09 Å². The molecule has 1 amide bonds. The number of rotatable bonds is 6. The number of hydrogen-bond donors (Lipinski definition) is 2. The van der Waals surface area contributed by atoms with Crippen LogP contribution < -0.4 is 10.6 Å². The van der Waals surface area contributed by atoms with E-state index in [-0.39, 0.29) is 6.09 Å². The molecule has 0 aliphatic carbocycles. The monoisotopic (exact) mass is 398 g/mol. The molecule has 0 bridgehead atoms. The van der Waals surface area contributed by atoms with Crippen molar-refractivity contribution in [2.24, 2.45) is 4.99 Å². The van der Waals surface area contributed by atoms with E-state index in [1.807, 2.05) is 19.4 Å². The average molecular weight is 399 g/mol. The summed E-state index contributed by atoms with van der Waals surface area (Å²) in [5.41, 5.74) is 2.43. The van der Waals surface area contributed by atoms with Crippen LogP contribution in [0.15, 0.2) is 48.0 Å². The predicted octanol–water partition coefficient (Wildman–Crippen LogP) is 2.22. The number of hydrogen-bond acceptors (Lipinski definition) is 4. The summed E-state index contributed by atoms with van der Waals surface area (Å²) in [4.78, 5) is 22.0. The zero-order valence-corrected chi connectivity index (χ0v) is 17.2. The van der Waals surface area contributed by atoms with Crippen LogP contribution in [0.25, 0.3) is 0 Å². The highest BCUT2D eigenvalue weighted by atomic mass is 16.6. The van der Waals surface area contributed by atoms with Gasteiger partial charge in [-0.25, -0.2) is 9.78 Å². The standard InChI is InChI=1S/C21H30N6O2/c1-3-29-21(28)27-10-7-19(8-11-27)25-20(22-2)24-14-17-5-4-6-18(13-17)15-26-12-9-23-16-26/h4-6,9,12-13,16,19H,3,7-8,10-11,14-15H2,1-2H3,(H2,22,24,25). The Kier molecular flexibility index (Phi) is 7.49. The second-order valence-corrected chi connectivity index (χ2v) is 7.09. The number of guanidine groups is 1. The van der Waals surface area contributed by atoms with E-state index < -0.39 is 0 Å². The summed E-state index contributed by atoms with van der Waals surface area (Å²) < 4.78 is 7.13. The molecule has 0 spiro atoms. The number of aromatic nitrogens is 2. The molecule has 2 N–H and O–H groups in total. The van der Waals surface area contributed by atoms with Crippen molar-refractivity contribution in [1.82, 2.24) is 25.1 Å². The van der Waals surface area contributed by atoms with Crippen LogP contribution in [0.4, 0.5) is 4.79 Å². The molecule has 1 saturated heterocycles. The maximum absolute atomic E-state index is 11.8. The smallest absolute Gasteiger partial charge is 0.409 e. The SMILES string of the molecule is CCOC(=O)N1CCC(NC(=NC)NCc2cccc(Cn3ccnc3)c2)CC1. The summed E-state index contributed by atoms with van der Waals surface area (Å²) in [6, 6.07) is 8.78. The maximum atomic E-state index is 11.8. The largest absolute Gasteiger partial charge is 0.450 e. The van der Waals surface area contributed by atoms with E-state index in [1.54, 1.807) is 18.1 Å². The first-order valence-electron chi connectivity index (χ1n) is 10.1. The van der Waals surface area contributed by atoms with Crippen LogP contribution in [0, 0.1) is 0 Å². The van der Waals surface area contributed by atoms with Gasteiger partial charge in [0.1, 0.15) is 0 Å². The molecule has 8 nitrogen and oxygen atoms in total. The highest BCUT2D eigenvalue weighted by Crippen LogP contribution is 2.12. The van der Waals surface area contributed by atoms with Gasteiger partial charge in [-0.1, -0.05) is 24.3 Å². The first-order valence-corrected chi connectivity index (χ1v) is 10.1. The average Bonchev–Trinajstić information content (AvgIpc) is 3.25. The number of nitrogens with zero attached hydrogens (tertiary/aromatic N) is 4. The Bertz CT molecular complexity index is 797. The molecule has 0 radical (unpaired) electrons. The summed E-state index contributed by atoms with van der Waals surface area (Å²) in [5, 5.41) is 6.85. The first kappa shape index (κ1) is 20.7. The zero-order chi connectivity index (χ0) is 20.5. The van der Waals surface area contributed by atoms with Gasteiger partial charge in [0.25, 0.3) is 0 Å². The fraction of sp³-hybridized carbons (Fsp3) is 0.476. The fourth-order valence-electron chi connectivity index (χ4n) is 3.42. The Morgan fingerprint density at radius 3 is 2.79 bits per heavy atom. The van der Waals surface area contributed by atoms with Crippen molar-refractivity contribution in [2.75, 3.05) is 26.7 Å². The maximum Gasteiger partial charge on any atom is 0.409 e. The molecular formula is C21H30N6O2. The third-order valence-corrected chi connectivity index (χ3v) is 4.96. The third-order valence-electron chi connectivity index (χ3n) is 4.96. The normalized spacial score (nSPS) is 15.2. The Labute approximate surface area is 172 Å². The van der Waals surface area contributed by atoms with Crippen molar-refractivity contribution in [3.8, 4) is 0 Å². The lowest BCUT2D eigenvalue weighted by Gasteiger charge is -2.32. The van der Waals surface area contributed by atoms with Gasteiger partial charge in [0.05, 0.1) is 12.9 Å². The first-order chi connectivity index (χ1) is 14.2. The molecule has 8 heteroatoms. The second kappa shape index (κ2) is 10.5. The minimum Gasteiger partial charge on any atom is -0.450 e. The van der Waals surface area contributed by atoms with Crippen LogP contribution in [0.1, 0.15) is 30.9 Å². The minimum atomic E-state index is -0.218. The van der Waals surface area contributed by atoms with Gasteiger partial charge < -0.3 is 24.8 Å². The molecule has 2 heterocycles. The number of ether oxygens (including phenoxy) is 1. The van der Waals surface area contributed by atoms with Crippen LogP contribution in [0.3, 0.4) is 0 Å². The van der Waals surface area contributed by atoms with E-state index in [9.17, 15) is 4.79 Å². The lowest BCUT2D eigenvalue weighted by atomic mass is 10.1. The van der Waals surface area contributed by atoms with Gasteiger partial charge in [-0.15, -0.1) is 0 Å². The van der Waals surface area contributed by atoms with Crippen molar-refractivity contribution in [3.05, 3.63) is 54.1 Å². The van der Waals surface area contributed by atoms with Crippen molar-refractivity contribution in [1.29, 1.82) is 0 Å². The number of imidazole rings is 1. The number of carbonyl (C=O) groups is 1. The number of likely N-dealkylation sites (tertiary alicyclic amines) is 1. The van der Waals surface area contributed by atoms with E-state index in [0.717, 1.165) is 25.3 Å². The predicted molar refractivity (Wildman–Crippen MR) is 113 cm³/mol. The molecule has 1 aliphatic rings. The Morgan fingerprint density at radius 2 is 2.10 bits per heavy atom. The lowest BCUT2D eigenvalue weighted by molar-refractivity contribution is 0.0963. The molecule has 0 atom stereocenters. The van der Waals surface area contributed by atoms with E-state index in [2.05, 4.69) is 49.4 Å². The van der Waals surface area contributed by atoms with Gasteiger partial charge in [0, 0.05) is 51.7 Å². The van der Waals surface area contributed by atoms with E-state index in [4.69, 9.17) is 4.74 Å². The van der Waals surface area contributed by atoms with Crippen LogP contribution in [-0.2, 0) is 17.8 Å². The number of nitrogens with one attached hydrogen (secondary N) is 2. The van der Waals surface area contributed by atoms with Crippen LogP contribution in [-0.4, -0.2) is 59.3 Å². The van der Waals surface area contributed by atoms with Crippen molar-refractivity contribution < 1.29 is 9.53 Å². The quantitative estimate of drug-likeness (QED) is 0.576. The molecule has 1 fully saturated rings. The molecule has 0 saturated carbocycles. The summed E-state index contributed by atoms with van der Waals surface area (Å²) in [6.07, 6.45) is 7.11. The highest BCUT2D eigenvalue weighted by molar-refractivity contribution is 5.80. The molecule has 3 rings (SSSR count). The van der Waals surface area contributed by atoms with Crippen molar-refractivity contribution in [2.45, 2.75) is 38.9 Å². The molecular weight excluding hydrogens is 368 g/mol. The number of amides is 1. The number of carbonyl (C=O) groups excluding carboxylic acids is 1. The zero-order valence-electron chi connectivity index (χ0n) is 17.2. The van der Waals surface area contributed by atoms with Gasteiger partial charge in [-0.3, -0.25) is 4.99 Å². The molecule has 0 unspecified atom stereocenters. The molecule has 2 aromatic rings. The Hall–Kier alpha value is -3.03. The summed E-state index contributed by atoms with van der Waals surface area (Å²) in [5.74, 6) is 0.777. The molecule has 156 valence electrons. The van der Waals surface area contributed by atoms with Crippen LogP contribution in [0.2, 0.25) is 0 Å². The van der Waals surface area contributed by atoms with E-state index in [1.165, 1.54) is 11.1 Å². The summed E-state index contributed by atoms with van der Waals surface area (Å²) >= 11 is 0. The van der Waals surface area contributed by atoms with Gasteiger partial charge in [-0.2, -0.15) is 0 Å². The number of piperidine rings is 1. The van der Waals surface area contributed by atoms with Crippen LogP contribution >= 0.6 is 0 Å². The number of aliphatic imine (C=N–C) groups is 1. The highest BCUT2D eigenvalue weighted by Gasteiger charge is 2.23. The molecule has 1 aliphatic heterocycles. The van der Waals surface area contributed by atoms with Crippen molar-refractivity contribution in [3.63, 3.8) is 0 Å². The van der Waals surface area contributed by atoms with Crippen molar-refractivity contribution >= 4 is 12.1 Å². The fourth-order valence-corrected chi connectivity index (χ4v) is 3.42. The molecule has 1 aromatic heterocycles. The van der Waals surface area contributed by atoms with Gasteiger partial charge in [-0.05, 0) is 30.9 Å². The Balaban J connectivity index is 1.46. The van der Waals surface area contributed by atoms with Gasteiger partial charge in [0.2, 0.25) is 0 Å². The third kappa shape index (κ3) is 6.23. The summed E-state index contributed by atoms with van der Waals surface area (Å²) in [7, 11) is 1.78. The van der Waals surface area contributed by atoms with Gasteiger partial charge in [0.15, 0.2) is 5.96 Å². The van der Waals surface area contributed by atoms with Crippen LogP contribution in [0.5, 0.6) is 0 Å². The number of benzene rings is 1. The molecule has 29 heavy (non-hydrogen) atoms. The van der Waals surface area contributed by atoms with E-state index in [0.29, 0.717) is 32.3 Å². The lowest BCUT2D eigenvalue weighted by Crippen LogP contribution is -2.49. The second-order valence-electron chi connectivity index (χ2n) is 7.09. The topological polar surface area (TPSA) is 83.8 Å². The summed E-state index contributed by atoms with van der Waals surface area (Å²) in [6.45, 7) is 5.14. The Morgan fingerprint density at radius 1 is 1.31 bits per heavy atom. The minimum absolute atomic E-state index is 0.218. The van der Waals surface area contributed by atoms with E-state index >= 15 is 0 Å². The molecule has 1 aromatic carbocycles.